The summed E-state index contributed by atoms with van der Waals surface area (Å²) in [6.45, 7) is 2.19. The van der Waals surface area contributed by atoms with Gasteiger partial charge in [0.1, 0.15) is 18.1 Å². The second-order valence-corrected chi connectivity index (χ2v) is 13.1. The summed E-state index contributed by atoms with van der Waals surface area (Å²) in [5.41, 5.74) is 3.59. The highest BCUT2D eigenvalue weighted by atomic mass is 15.1. The van der Waals surface area contributed by atoms with Crippen LogP contribution >= 0.6 is 0 Å². The van der Waals surface area contributed by atoms with Crippen molar-refractivity contribution >= 4 is 64.6 Å². The normalized spacial score (nSPS) is 11.5. The van der Waals surface area contributed by atoms with Crippen molar-refractivity contribution in [2.45, 2.75) is 6.92 Å². The average Bonchev–Trinajstić information content (AvgIpc) is 3.55. The number of benzene rings is 7. The standard InChI is InChI=1S/C47H35N2/c1-32-10-3-4-21-46(32)47-48(2)22-23-49(47)45-30-43-29-44(31-45)42-20-9-18-40(28-42)38-16-7-14-36(26-38)34-12-5-11-33(24-34)35-13-6-15-37(25-35)39-17-8-19-41(43)27-39/h3-31H,1-2H3/q+1. The fraction of sp³-hybridized carbons (Fsp3) is 0.0426. The van der Waals surface area contributed by atoms with E-state index in [-0.39, 0.29) is 0 Å². The molecule has 0 saturated carbocycles. The van der Waals surface area contributed by atoms with Crippen LogP contribution < -0.4 is 4.57 Å². The SMILES string of the molecule is Cc1ccccc1-c1n(-c2cc3cc(c2)c2cccc(c2)c2cccc(c2)c2cccc(c2)c2cccc(c2)c2cccc3c2)cc[n+]1C. The Morgan fingerprint density at radius 3 is 1.12 bits per heavy atom. The van der Waals surface area contributed by atoms with Crippen molar-refractivity contribution in [2.24, 2.45) is 7.05 Å². The van der Waals surface area contributed by atoms with Crippen molar-refractivity contribution in [1.82, 2.24) is 4.57 Å². The highest BCUT2D eigenvalue weighted by molar-refractivity contribution is 6.02. The topological polar surface area (TPSA) is 8.81 Å². The third-order valence-electron chi connectivity index (χ3n) is 9.90. The van der Waals surface area contributed by atoms with Gasteiger partial charge in [0.15, 0.2) is 0 Å². The minimum absolute atomic E-state index is 1.12. The Morgan fingerprint density at radius 2 is 0.735 bits per heavy atom. The van der Waals surface area contributed by atoms with Gasteiger partial charge in [-0.1, -0.05) is 109 Å². The number of nitrogens with zero attached hydrogens (tertiary/aromatic N) is 2. The lowest BCUT2D eigenvalue weighted by molar-refractivity contribution is -0.659. The van der Waals surface area contributed by atoms with Crippen LogP contribution in [0.4, 0.5) is 0 Å². The maximum absolute atomic E-state index is 2.35. The zero-order valence-corrected chi connectivity index (χ0v) is 27.6. The lowest BCUT2D eigenvalue weighted by atomic mass is 10.0. The van der Waals surface area contributed by atoms with E-state index in [0.717, 1.165) is 11.5 Å². The summed E-state index contributed by atoms with van der Waals surface area (Å²) in [7, 11) is 2.13. The Balaban J connectivity index is 1.45. The first kappa shape index (κ1) is 28.9. The fourth-order valence-electron chi connectivity index (χ4n) is 7.30. The van der Waals surface area contributed by atoms with Crippen LogP contribution in [0.2, 0.25) is 0 Å². The number of fused-ring (bicyclic) bond motifs is 18. The number of hydrogen-bond acceptors (Lipinski definition) is 0. The van der Waals surface area contributed by atoms with E-state index >= 15 is 0 Å². The molecule has 0 N–H and O–H groups in total. The first-order chi connectivity index (χ1) is 24.1. The van der Waals surface area contributed by atoms with E-state index in [4.69, 9.17) is 0 Å². The third kappa shape index (κ3) is 5.28. The van der Waals surface area contributed by atoms with Crippen LogP contribution in [0.15, 0.2) is 176 Å². The Labute approximate surface area is 285 Å². The molecule has 9 aromatic rings. The van der Waals surface area contributed by atoms with Crippen LogP contribution in [0.5, 0.6) is 0 Å². The Bertz CT molecular complexity index is 2710. The Hall–Kier alpha value is -6.25. The molecule has 0 atom stereocenters. The molecular formula is C47H35N2+. The van der Waals surface area contributed by atoms with Crippen molar-refractivity contribution in [1.29, 1.82) is 0 Å². The molecule has 12 bridgehead atoms. The number of rotatable bonds is 2. The van der Waals surface area contributed by atoms with Crippen LogP contribution in [-0.4, -0.2) is 4.57 Å². The summed E-state index contributed by atoms with van der Waals surface area (Å²) in [6.07, 6.45) is 4.33. The van der Waals surface area contributed by atoms with E-state index in [1.807, 2.05) is 0 Å². The van der Waals surface area contributed by atoms with Crippen molar-refractivity contribution in [3.8, 4) is 17.1 Å². The molecule has 2 heteroatoms. The molecule has 0 radical (unpaired) electrons. The monoisotopic (exact) mass is 627 g/mol. The van der Waals surface area contributed by atoms with E-state index in [2.05, 4.69) is 199 Å². The first-order valence-electron chi connectivity index (χ1n) is 16.9. The molecule has 9 rings (SSSR count). The molecular weight excluding hydrogens is 593 g/mol. The Morgan fingerprint density at radius 1 is 0.388 bits per heavy atom. The van der Waals surface area contributed by atoms with Crippen molar-refractivity contribution in [3.05, 3.63) is 182 Å². The molecule has 0 saturated heterocycles. The molecule has 0 amide bonds. The van der Waals surface area contributed by atoms with Gasteiger partial charge in [-0.15, -0.1) is 0 Å². The molecule has 0 aliphatic rings. The molecule has 232 valence electrons. The predicted molar refractivity (Wildman–Crippen MR) is 209 cm³/mol. The lowest BCUT2D eigenvalue weighted by Gasteiger charge is -2.08. The van der Waals surface area contributed by atoms with Gasteiger partial charge >= 0.3 is 0 Å². The maximum Gasteiger partial charge on any atom is 0.294 e. The molecule has 0 fully saturated rings. The summed E-state index contributed by atoms with van der Waals surface area (Å²) in [6, 6.07) is 60.3. The van der Waals surface area contributed by atoms with Gasteiger partial charge in [-0.25, -0.2) is 4.57 Å². The molecule has 1 heterocycles. The van der Waals surface area contributed by atoms with Crippen LogP contribution in [0.1, 0.15) is 5.56 Å². The average molecular weight is 628 g/mol. The van der Waals surface area contributed by atoms with Crippen molar-refractivity contribution < 1.29 is 4.57 Å². The van der Waals surface area contributed by atoms with Gasteiger partial charge in [0.2, 0.25) is 0 Å². The lowest BCUT2D eigenvalue weighted by Crippen LogP contribution is -2.29. The Kier molecular flexibility index (Phi) is 6.95. The van der Waals surface area contributed by atoms with Crippen LogP contribution in [0, 0.1) is 6.92 Å². The van der Waals surface area contributed by atoms with E-state index in [0.29, 0.717) is 0 Å². The molecule has 1 aromatic heterocycles. The van der Waals surface area contributed by atoms with Gasteiger partial charge in [0.25, 0.3) is 5.82 Å². The van der Waals surface area contributed by atoms with E-state index < -0.39 is 0 Å². The number of imidazole rings is 1. The molecule has 49 heavy (non-hydrogen) atoms. The zero-order chi connectivity index (χ0) is 32.9. The smallest absolute Gasteiger partial charge is 0.232 e. The number of hydrogen-bond donors (Lipinski definition) is 0. The third-order valence-corrected chi connectivity index (χ3v) is 9.90. The summed E-state index contributed by atoms with van der Waals surface area (Å²) < 4.78 is 4.55. The largest absolute Gasteiger partial charge is 0.294 e. The first-order valence-corrected chi connectivity index (χ1v) is 16.9. The van der Waals surface area contributed by atoms with Crippen LogP contribution in [0.3, 0.4) is 0 Å². The van der Waals surface area contributed by atoms with Gasteiger partial charge in [0, 0.05) is 0 Å². The molecule has 8 aromatic carbocycles. The van der Waals surface area contributed by atoms with Gasteiger partial charge in [0.05, 0.1) is 12.6 Å². The highest BCUT2D eigenvalue weighted by Crippen LogP contribution is 2.30. The summed E-state index contributed by atoms with van der Waals surface area (Å²) in [5, 5.41) is 14.4. The fourth-order valence-corrected chi connectivity index (χ4v) is 7.30. The molecule has 2 nitrogen and oxygen atoms in total. The van der Waals surface area contributed by atoms with Crippen LogP contribution in [0.25, 0.3) is 81.7 Å². The minimum atomic E-state index is 1.12. The van der Waals surface area contributed by atoms with E-state index in [1.165, 1.54) is 75.8 Å². The van der Waals surface area contributed by atoms with Crippen LogP contribution in [-0.2, 0) is 7.05 Å². The highest BCUT2D eigenvalue weighted by Gasteiger charge is 2.21. The summed E-state index contributed by atoms with van der Waals surface area (Å²) in [5.74, 6) is 1.15. The second kappa shape index (κ2) is 11.8. The van der Waals surface area contributed by atoms with Gasteiger partial charge in [-0.2, -0.15) is 4.57 Å². The van der Waals surface area contributed by atoms with Gasteiger partial charge in [-0.05, 0) is 132 Å². The number of aromatic nitrogens is 2. The van der Waals surface area contributed by atoms with Gasteiger partial charge < -0.3 is 0 Å². The molecule has 0 aliphatic heterocycles. The second-order valence-electron chi connectivity index (χ2n) is 13.1. The molecule has 0 spiro atoms. The van der Waals surface area contributed by atoms with Crippen molar-refractivity contribution in [2.75, 3.05) is 0 Å². The van der Waals surface area contributed by atoms with E-state index in [1.54, 1.807) is 0 Å². The van der Waals surface area contributed by atoms with Gasteiger partial charge in [-0.3, -0.25) is 0 Å². The van der Waals surface area contributed by atoms with Crippen molar-refractivity contribution in [3.63, 3.8) is 0 Å². The summed E-state index contributed by atoms with van der Waals surface area (Å²) >= 11 is 0. The molecule has 0 unspecified atom stereocenters. The summed E-state index contributed by atoms with van der Waals surface area (Å²) in [4.78, 5) is 0. The maximum atomic E-state index is 2.35. The zero-order valence-electron chi connectivity index (χ0n) is 27.6. The quantitative estimate of drug-likeness (QED) is 0.169. The van der Waals surface area contributed by atoms with E-state index in [9.17, 15) is 0 Å². The molecule has 0 aliphatic carbocycles. The minimum Gasteiger partial charge on any atom is -0.232 e. The number of aryl methyl sites for hydroxylation is 2. The predicted octanol–water partition coefficient (Wildman–Crippen LogP) is 11.9.